The number of nitro groups is 1. The first-order valence-corrected chi connectivity index (χ1v) is 26.1. The lowest BCUT2D eigenvalue weighted by Crippen LogP contribution is -2.24. The highest BCUT2D eigenvalue weighted by Gasteiger charge is 2.31. The van der Waals surface area contributed by atoms with Crippen LogP contribution in [0.3, 0.4) is 0 Å². The molecule has 0 unspecified atom stereocenters. The molecule has 3 aromatic carbocycles. The van der Waals surface area contributed by atoms with Crippen LogP contribution in [0, 0.1) is 15.5 Å². The number of sulfonamides is 1. The molecule has 0 atom stereocenters. The van der Waals surface area contributed by atoms with Gasteiger partial charge in [-0.2, -0.15) is 4.63 Å². The smallest absolute Gasteiger partial charge is 0.270 e. The molecule has 14 heteroatoms. The van der Waals surface area contributed by atoms with Crippen LogP contribution >= 0.6 is 23.5 Å². The number of ether oxygens (including phenoxy) is 1. The third kappa shape index (κ3) is 13.8. The second-order valence-electron chi connectivity index (χ2n) is 20.6. The molecule has 5 rings (SSSR count). The van der Waals surface area contributed by atoms with E-state index < -0.39 is 14.9 Å². The van der Waals surface area contributed by atoms with E-state index in [1.165, 1.54) is 55.5 Å². The van der Waals surface area contributed by atoms with Crippen molar-refractivity contribution in [3.8, 4) is 17.1 Å². The summed E-state index contributed by atoms with van der Waals surface area (Å²) < 4.78 is 38.6. The van der Waals surface area contributed by atoms with E-state index in [1.54, 1.807) is 46.7 Å². The van der Waals surface area contributed by atoms with Crippen molar-refractivity contribution in [2.75, 3.05) is 11.3 Å². The Hall–Kier alpha value is -4.01. The van der Waals surface area contributed by atoms with Gasteiger partial charge in [0.1, 0.15) is 10.6 Å². The van der Waals surface area contributed by atoms with Crippen molar-refractivity contribution in [2.24, 2.45) is 5.41 Å². The zero-order valence-corrected chi connectivity index (χ0v) is 42.8. The Kier molecular flexibility index (Phi) is 16.8. The van der Waals surface area contributed by atoms with Crippen LogP contribution in [0.25, 0.3) is 17.0 Å². The number of aromatic nitrogens is 4. The number of nitrogens with one attached hydrogen (secondary N) is 2. The summed E-state index contributed by atoms with van der Waals surface area (Å²) in [7, 11) is -4.22. The zero-order valence-electron chi connectivity index (χ0n) is 40.3. The van der Waals surface area contributed by atoms with Gasteiger partial charge in [0, 0.05) is 38.4 Å². The fourth-order valence-corrected chi connectivity index (χ4v) is 12.3. The van der Waals surface area contributed by atoms with Crippen molar-refractivity contribution in [1.29, 1.82) is 0 Å². The summed E-state index contributed by atoms with van der Waals surface area (Å²) in [6, 6.07) is 17.6. The summed E-state index contributed by atoms with van der Waals surface area (Å²) in [5.74, 6) is 1.32. The van der Waals surface area contributed by atoms with Crippen LogP contribution in [0.5, 0.6) is 5.75 Å². The number of fused-ring (bicyclic) bond motifs is 1. The van der Waals surface area contributed by atoms with Crippen LogP contribution in [0.15, 0.2) is 80.2 Å². The Labute approximate surface area is 391 Å². The number of non-ortho nitro benzene ring substituents is 1. The lowest BCUT2D eigenvalue weighted by Gasteiger charge is -2.33. The molecule has 5 aromatic rings. The molecule has 2 N–H and O–H groups in total. The maximum atomic E-state index is 14.1. The molecule has 0 aliphatic carbocycles. The summed E-state index contributed by atoms with van der Waals surface area (Å²) >= 11 is 3.08. The molecule has 0 saturated heterocycles. The summed E-state index contributed by atoms with van der Waals surface area (Å²) in [4.78, 5) is 18.6. The summed E-state index contributed by atoms with van der Waals surface area (Å²) in [5.41, 5.74) is 3.49. The van der Waals surface area contributed by atoms with E-state index in [1.807, 2.05) is 0 Å². The van der Waals surface area contributed by atoms with Crippen molar-refractivity contribution in [3.05, 3.63) is 82.0 Å². The van der Waals surface area contributed by atoms with Crippen molar-refractivity contribution in [2.45, 2.75) is 189 Å². The molecule has 11 nitrogen and oxygen atoms in total. The number of aromatic amines is 1. The number of unbranched alkanes of at least 4 members (excludes halogenated alkanes) is 7. The third-order valence-corrected chi connectivity index (χ3v) is 15.3. The van der Waals surface area contributed by atoms with E-state index in [4.69, 9.17) is 14.8 Å². The molecule has 0 saturated carbocycles. The SMILES string of the molecule is CCCCCCCCCC(C)(C)Sc1ccc([N+](=O)[O-])cc1S(=O)(=O)Nc1ccc(-c2nc3c(Sc4cc(C(C)(C)CC(C)(C)C)ccc4OCCCC)c(C(C)(C)C)[nH]n3n2)cc1. The van der Waals surface area contributed by atoms with Gasteiger partial charge in [0.15, 0.2) is 11.5 Å². The van der Waals surface area contributed by atoms with Gasteiger partial charge < -0.3 is 4.74 Å². The number of nitro benzene ring substituents is 1. The molecule has 0 amide bonds. The van der Waals surface area contributed by atoms with E-state index in [9.17, 15) is 18.5 Å². The van der Waals surface area contributed by atoms with Crippen LogP contribution in [0.1, 0.15) is 165 Å². The summed E-state index contributed by atoms with van der Waals surface area (Å²) in [6.45, 7) is 27.2. The Morgan fingerprint density at radius 3 is 2.09 bits per heavy atom. The monoisotopic (exact) mass is 932 g/mol. The maximum Gasteiger partial charge on any atom is 0.270 e. The largest absolute Gasteiger partial charge is 0.492 e. The third-order valence-electron chi connectivity index (χ3n) is 11.3. The normalized spacial score (nSPS) is 12.9. The molecule has 350 valence electrons. The number of hydrogen-bond donors (Lipinski definition) is 2. The van der Waals surface area contributed by atoms with Crippen molar-refractivity contribution >= 4 is 50.6 Å². The lowest BCUT2D eigenvalue weighted by molar-refractivity contribution is -0.385. The van der Waals surface area contributed by atoms with E-state index in [2.05, 4.69) is 111 Å². The molecule has 0 fully saturated rings. The van der Waals surface area contributed by atoms with Crippen molar-refractivity contribution in [3.63, 3.8) is 0 Å². The number of benzene rings is 3. The second-order valence-corrected chi connectivity index (χ2v) is 25.1. The molecule has 2 aromatic heterocycles. The van der Waals surface area contributed by atoms with Gasteiger partial charge in [-0.3, -0.25) is 19.9 Å². The number of nitrogens with zero attached hydrogens (tertiary/aromatic N) is 4. The maximum absolute atomic E-state index is 14.1. The number of rotatable bonds is 23. The lowest BCUT2D eigenvalue weighted by atomic mass is 9.72. The van der Waals surface area contributed by atoms with E-state index in [-0.39, 0.29) is 31.6 Å². The molecule has 0 aliphatic rings. The van der Waals surface area contributed by atoms with Gasteiger partial charge in [-0.05, 0) is 78.1 Å². The highest BCUT2D eigenvalue weighted by atomic mass is 32.2. The minimum Gasteiger partial charge on any atom is -0.492 e. The zero-order chi connectivity index (χ0) is 47.1. The molecule has 0 radical (unpaired) electrons. The minimum atomic E-state index is -4.22. The van der Waals surface area contributed by atoms with Crippen LogP contribution in [-0.4, -0.2) is 44.5 Å². The predicted molar refractivity (Wildman–Crippen MR) is 266 cm³/mol. The molecule has 0 spiro atoms. The van der Waals surface area contributed by atoms with E-state index in [0.29, 0.717) is 34.2 Å². The molecular weight excluding hydrogens is 861 g/mol. The molecule has 0 bridgehead atoms. The van der Waals surface area contributed by atoms with Crippen LogP contribution in [0.2, 0.25) is 0 Å². The van der Waals surface area contributed by atoms with Crippen LogP contribution in [-0.2, 0) is 20.9 Å². The molecule has 64 heavy (non-hydrogen) atoms. The Bertz CT molecular complexity index is 2460. The quantitative estimate of drug-likeness (QED) is 0.0283. The standard InChI is InChI=1S/C50H72N6O5S3/c1-13-15-17-18-19-20-21-30-50(11,12)63-40-29-27-38(56(57)58)33-42(40)64(59,60)54-37-25-22-35(23-26-37)45-51-46-43(44(48(6,7)8)52-55(46)53-45)62-41-32-36(49(9,10)34-47(3,4)5)24-28-39(41)61-31-16-14-2/h22-29,32-33,52,54H,13-21,30-31,34H2,1-12H3. The highest BCUT2D eigenvalue weighted by molar-refractivity contribution is 8.01. The highest BCUT2D eigenvalue weighted by Crippen LogP contribution is 2.46. The average Bonchev–Trinajstić information content (AvgIpc) is 3.76. The Balaban J connectivity index is 1.42. The fourth-order valence-electron chi connectivity index (χ4n) is 8.18. The number of thioether (sulfide) groups is 1. The fraction of sp³-hybridized carbons (Fsp3) is 0.560. The van der Waals surface area contributed by atoms with Crippen molar-refractivity contribution < 1.29 is 18.1 Å². The van der Waals surface area contributed by atoms with Crippen molar-refractivity contribution in [1.82, 2.24) is 19.8 Å². The summed E-state index contributed by atoms with van der Waals surface area (Å²) in [6.07, 6.45) is 12.2. The van der Waals surface area contributed by atoms with Gasteiger partial charge in [0.2, 0.25) is 0 Å². The number of H-pyrrole nitrogens is 1. The molecule has 2 heterocycles. The van der Waals surface area contributed by atoms with Crippen LogP contribution < -0.4 is 9.46 Å². The first-order chi connectivity index (χ1) is 29.9. The van der Waals surface area contributed by atoms with E-state index >= 15 is 0 Å². The van der Waals surface area contributed by atoms with Gasteiger partial charge in [-0.1, -0.05) is 152 Å². The summed E-state index contributed by atoms with van der Waals surface area (Å²) in [5, 5.41) is 20.2. The van der Waals surface area contributed by atoms with Crippen LogP contribution in [0.4, 0.5) is 11.4 Å². The Morgan fingerprint density at radius 1 is 0.812 bits per heavy atom. The topological polar surface area (TPSA) is 145 Å². The number of hydrogen-bond acceptors (Lipinski definition) is 9. The number of anilines is 1. The molecular formula is C50H72N6O5S3. The van der Waals surface area contributed by atoms with Gasteiger partial charge >= 0.3 is 0 Å². The molecule has 0 aliphatic heterocycles. The second kappa shape index (κ2) is 21.1. The Morgan fingerprint density at radius 2 is 1.47 bits per heavy atom. The van der Waals surface area contributed by atoms with Gasteiger partial charge in [0.05, 0.1) is 27.0 Å². The average molecular weight is 933 g/mol. The predicted octanol–water partition coefficient (Wildman–Crippen LogP) is 14.8. The van der Waals surface area contributed by atoms with E-state index in [0.717, 1.165) is 65.8 Å². The van der Waals surface area contributed by atoms with Gasteiger partial charge in [-0.15, -0.1) is 16.9 Å². The van der Waals surface area contributed by atoms with Gasteiger partial charge in [-0.25, -0.2) is 13.4 Å². The first kappa shape index (κ1) is 51.0. The minimum absolute atomic E-state index is 0.0673. The van der Waals surface area contributed by atoms with Gasteiger partial charge in [0.25, 0.3) is 15.7 Å². The first-order valence-electron chi connectivity index (χ1n) is 23.0.